The number of ketones is 1. The molecule has 1 amide bonds. The largest absolute Gasteiger partial charge is 0.289 e. The fourth-order valence-electron chi connectivity index (χ4n) is 2.29. The second-order valence-corrected chi connectivity index (χ2v) is 5.45. The molecule has 0 aromatic heterocycles. The molecule has 5 heteroatoms. The van der Waals surface area contributed by atoms with Crippen molar-refractivity contribution >= 4 is 33.3 Å². The molecule has 0 saturated heterocycles. The van der Waals surface area contributed by atoms with Crippen LogP contribution in [0.5, 0.6) is 0 Å². The smallest absolute Gasteiger partial charge is 0.255 e. The van der Waals surface area contributed by atoms with Crippen LogP contribution in [0.25, 0.3) is 0 Å². The topological polar surface area (TPSA) is 57.6 Å². The molecule has 1 aliphatic rings. The Morgan fingerprint density at radius 3 is 2.55 bits per heavy atom. The van der Waals surface area contributed by atoms with Crippen LogP contribution in [-0.2, 0) is 11.2 Å². The van der Waals surface area contributed by atoms with Crippen LogP contribution >= 0.6 is 15.9 Å². The van der Waals surface area contributed by atoms with Gasteiger partial charge in [0.05, 0.1) is 12.1 Å². The molecule has 0 unspecified atom stereocenters. The van der Waals surface area contributed by atoms with E-state index in [9.17, 15) is 14.8 Å². The highest BCUT2D eigenvalue weighted by Crippen LogP contribution is 2.32. The SMILES string of the molecule is O=C(c1ccc(Br)cc1)c1cccc2c1N(O)C(=O)C2. The Hall–Kier alpha value is -1.98. The second-order valence-electron chi connectivity index (χ2n) is 4.53. The van der Waals surface area contributed by atoms with Gasteiger partial charge in [0.2, 0.25) is 0 Å². The van der Waals surface area contributed by atoms with Gasteiger partial charge in [0.1, 0.15) is 0 Å². The van der Waals surface area contributed by atoms with Gasteiger partial charge in [-0.3, -0.25) is 14.8 Å². The van der Waals surface area contributed by atoms with Gasteiger partial charge >= 0.3 is 0 Å². The van der Waals surface area contributed by atoms with Gasteiger partial charge in [-0.05, 0) is 35.9 Å². The summed E-state index contributed by atoms with van der Waals surface area (Å²) in [7, 11) is 0. The summed E-state index contributed by atoms with van der Waals surface area (Å²) in [4.78, 5) is 24.1. The van der Waals surface area contributed by atoms with Crippen molar-refractivity contribution in [3.63, 3.8) is 0 Å². The molecule has 1 N–H and O–H groups in total. The van der Waals surface area contributed by atoms with Crippen LogP contribution in [0.4, 0.5) is 5.69 Å². The summed E-state index contributed by atoms with van der Waals surface area (Å²) in [6.07, 6.45) is 0.118. The van der Waals surface area contributed by atoms with Crippen LogP contribution in [0.3, 0.4) is 0 Å². The molecule has 0 spiro atoms. The highest BCUT2D eigenvalue weighted by atomic mass is 79.9. The zero-order chi connectivity index (χ0) is 14.3. The van der Waals surface area contributed by atoms with Crippen molar-refractivity contribution in [3.05, 3.63) is 63.6 Å². The summed E-state index contributed by atoms with van der Waals surface area (Å²) in [5.41, 5.74) is 1.80. The number of anilines is 1. The van der Waals surface area contributed by atoms with Gasteiger partial charge in [0.15, 0.2) is 5.78 Å². The third kappa shape index (κ3) is 2.05. The molecular weight excluding hydrogens is 322 g/mol. The van der Waals surface area contributed by atoms with Gasteiger partial charge in [-0.25, -0.2) is 0 Å². The molecule has 0 atom stereocenters. The number of amides is 1. The summed E-state index contributed by atoms with van der Waals surface area (Å²) in [6, 6.07) is 12.0. The molecule has 0 bridgehead atoms. The quantitative estimate of drug-likeness (QED) is 0.679. The van der Waals surface area contributed by atoms with Crippen molar-refractivity contribution in [3.8, 4) is 0 Å². The zero-order valence-corrected chi connectivity index (χ0v) is 11.9. The zero-order valence-electron chi connectivity index (χ0n) is 10.3. The first-order chi connectivity index (χ1) is 9.58. The van der Waals surface area contributed by atoms with Crippen LogP contribution in [0.2, 0.25) is 0 Å². The number of nitrogens with zero attached hydrogens (tertiary/aromatic N) is 1. The first kappa shape index (κ1) is 13.0. The van der Waals surface area contributed by atoms with Crippen LogP contribution in [0.1, 0.15) is 21.5 Å². The minimum absolute atomic E-state index is 0.118. The van der Waals surface area contributed by atoms with Gasteiger partial charge in [0, 0.05) is 15.6 Å². The number of halogens is 1. The van der Waals surface area contributed by atoms with Crippen molar-refractivity contribution in [1.82, 2.24) is 0 Å². The maximum atomic E-state index is 12.5. The average molecular weight is 332 g/mol. The Morgan fingerprint density at radius 2 is 1.85 bits per heavy atom. The first-order valence-corrected chi connectivity index (χ1v) is 6.81. The van der Waals surface area contributed by atoms with E-state index in [1.54, 1.807) is 42.5 Å². The van der Waals surface area contributed by atoms with E-state index >= 15 is 0 Å². The van der Waals surface area contributed by atoms with Crippen LogP contribution in [0.15, 0.2) is 46.9 Å². The number of para-hydroxylation sites is 1. The predicted octanol–water partition coefficient (Wildman–Crippen LogP) is 2.96. The number of hydrogen-bond acceptors (Lipinski definition) is 3. The number of fused-ring (bicyclic) bond motifs is 1. The predicted molar refractivity (Wildman–Crippen MR) is 77.0 cm³/mol. The van der Waals surface area contributed by atoms with Crippen LogP contribution in [-0.4, -0.2) is 16.9 Å². The highest BCUT2D eigenvalue weighted by molar-refractivity contribution is 9.10. The molecule has 0 aliphatic carbocycles. The molecule has 100 valence electrons. The summed E-state index contributed by atoms with van der Waals surface area (Å²) in [5.74, 6) is -0.640. The van der Waals surface area contributed by atoms with E-state index in [1.807, 2.05) is 0 Å². The number of rotatable bonds is 2. The third-order valence-electron chi connectivity index (χ3n) is 3.26. The lowest BCUT2D eigenvalue weighted by atomic mass is 9.99. The van der Waals surface area contributed by atoms with Crippen molar-refractivity contribution in [2.45, 2.75) is 6.42 Å². The van der Waals surface area contributed by atoms with Crippen molar-refractivity contribution in [2.24, 2.45) is 0 Å². The van der Waals surface area contributed by atoms with Crippen molar-refractivity contribution < 1.29 is 14.8 Å². The molecule has 0 fully saturated rings. The lowest BCUT2D eigenvalue weighted by Crippen LogP contribution is -2.23. The minimum atomic E-state index is -0.420. The van der Waals surface area contributed by atoms with Crippen molar-refractivity contribution in [2.75, 3.05) is 5.06 Å². The molecule has 2 aromatic carbocycles. The summed E-state index contributed by atoms with van der Waals surface area (Å²) in [6.45, 7) is 0. The van der Waals surface area contributed by atoms with E-state index in [0.29, 0.717) is 27.4 Å². The highest BCUT2D eigenvalue weighted by Gasteiger charge is 2.30. The fourth-order valence-corrected chi connectivity index (χ4v) is 2.55. The number of carbonyl (C=O) groups excluding carboxylic acids is 2. The molecular formula is C15H10BrNO3. The number of hydrogen-bond donors (Lipinski definition) is 1. The molecule has 4 nitrogen and oxygen atoms in total. The molecule has 2 aromatic rings. The maximum Gasteiger partial charge on any atom is 0.255 e. The summed E-state index contributed by atoms with van der Waals surface area (Å²) in [5, 5.41) is 10.4. The Morgan fingerprint density at radius 1 is 1.15 bits per heavy atom. The second kappa shape index (κ2) is 4.85. The van der Waals surface area contributed by atoms with E-state index in [1.165, 1.54) is 0 Å². The number of hydroxylamine groups is 1. The fraction of sp³-hybridized carbons (Fsp3) is 0.0667. The van der Waals surface area contributed by atoms with Crippen LogP contribution in [0, 0.1) is 0 Å². The normalized spacial score (nSPS) is 13.5. The molecule has 3 rings (SSSR count). The van der Waals surface area contributed by atoms with E-state index in [-0.39, 0.29) is 12.2 Å². The van der Waals surface area contributed by atoms with Gasteiger partial charge in [-0.1, -0.05) is 28.1 Å². The summed E-state index contributed by atoms with van der Waals surface area (Å²) >= 11 is 3.31. The Balaban J connectivity index is 2.08. The number of benzene rings is 2. The van der Waals surface area contributed by atoms with Gasteiger partial charge in [-0.15, -0.1) is 0 Å². The lowest BCUT2D eigenvalue weighted by molar-refractivity contribution is -0.122. The number of carbonyl (C=O) groups is 2. The molecule has 0 saturated carbocycles. The monoisotopic (exact) mass is 331 g/mol. The Labute approximate surface area is 123 Å². The molecule has 0 radical (unpaired) electrons. The van der Waals surface area contributed by atoms with E-state index < -0.39 is 5.91 Å². The average Bonchev–Trinajstić information content (AvgIpc) is 2.74. The first-order valence-electron chi connectivity index (χ1n) is 6.02. The molecule has 1 heterocycles. The lowest BCUT2D eigenvalue weighted by Gasteiger charge is -2.12. The van der Waals surface area contributed by atoms with Gasteiger partial charge in [-0.2, -0.15) is 5.06 Å². The minimum Gasteiger partial charge on any atom is -0.289 e. The van der Waals surface area contributed by atoms with Gasteiger partial charge < -0.3 is 0 Å². The van der Waals surface area contributed by atoms with E-state index in [4.69, 9.17) is 0 Å². The maximum absolute atomic E-state index is 12.5. The standard InChI is InChI=1S/C15H10BrNO3/c16-11-6-4-9(5-7-11)15(19)12-3-1-2-10-8-13(18)17(20)14(10)12/h1-7,20H,8H2. The molecule has 20 heavy (non-hydrogen) atoms. The third-order valence-corrected chi connectivity index (χ3v) is 3.79. The van der Waals surface area contributed by atoms with Crippen molar-refractivity contribution in [1.29, 1.82) is 0 Å². The van der Waals surface area contributed by atoms with Crippen LogP contribution < -0.4 is 5.06 Å². The Bertz CT molecular complexity index is 710. The summed E-state index contributed by atoms with van der Waals surface area (Å²) < 4.78 is 0.881. The van der Waals surface area contributed by atoms with Gasteiger partial charge in [0.25, 0.3) is 5.91 Å². The van der Waals surface area contributed by atoms with E-state index in [0.717, 1.165) is 4.47 Å². The Kier molecular flexibility index (Phi) is 3.16. The van der Waals surface area contributed by atoms with E-state index in [2.05, 4.69) is 15.9 Å². The molecule has 1 aliphatic heterocycles.